The molecular weight excluding hydrogens is 504 g/mol. The van der Waals surface area contributed by atoms with Gasteiger partial charge in [-0.3, -0.25) is 4.99 Å². The molecule has 1 N–H and O–H groups in total. The summed E-state index contributed by atoms with van der Waals surface area (Å²) in [5, 5.41) is 3.41. The van der Waals surface area contributed by atoms with E-state index in [0.717, 1.165) is 37.1 Å². The van der Waals surface area contributed by atoms with Gasteiger partial charge in [-0.25, -0.2) is 0 Å². The fourth-order valence-electron chi connectivity index (χ4n) is 4.43. The largest absolute Gasteiger partial charge is 0.416 e. The molecule has 0 saturated carbocycles. The number of rotatable bonds is 6. The Labute approximate surface area is 195 Å². The van der Waals surface area contributed by atoms with Crippen LogP contribution in [0.2, 0.25) is 0 Å². The molecule has 2 saturated heterocycles. The Bertz CT molecular complexity index is 689. The highest BCUT2D eigenvalue weighted by molar-refractivity contribution is 14.0. The summed E-state index contributed by atoms with van der Waals surface area (Å²) in [5.74, 6) is 1.64. The number of benzene rings is 1. The average molecular weight is 538 g/mol. The third-order valence-electron chi connectivity index (χ3n) is 6.16. The molecular formula is C22H34F3IN4. The van der Waals surface area contributed by atoms with Crippen LogP contribution in [-0.4, -0.2) is 62.1 Å². The zero-order valence-electron chi connectivity index (χ0n) is 17.9. The Morgan fingerprint density at radius 1 is 1.23 bits per heavy atom. The van der Waals surface area contributed by atoms with Gasteiger partial charge in [-0.1, -0.05) is 25.1 Å². The van der Waals surface area contributed by atoms with E-state index in [0.29, 0.717) is 12.5 Å². The molecule has 0 aromatic heterocycles. The second-order valence-electron chi connectivity index (χ2n) is 8.40. The monoisotopic (exact) mass is 538 g/mol. The number of alkyl halides is 3. The van der Waals surface area contributed by atoms with Crippen molar-refractivity contribution in [3.8, 4) is 0 Å². The van der Waals surface area contributed by atoms with Crippen molar-refractivity contribution in [1.82, 2.24) is 15.1 Å². The Kier molecular flexibility index (Phi) is 9.71. The molecule has 0 radical (unpaired) electrons. The molecule has 0 aliphatic carbocycles. The van der Waals surface area contributed by atoms with E-state index in [-0.39, 0.29) is 29.9 Å². The van der Waals surface area contributed by atoms with Crippen LogP contribution in [-0.2, 0) is 6.18 Å². The van der Waals surface area contributed by atoms with Crippen LogP contribution < -0.4 is 5.32 Å². The highest BCUT2D eigenvalue weighted by Gasteiger charge is 2.31. The van der Waals surface area contributed by atoms with Gasteiger partial charge in [0.15, 0.2) is 5.96 Å². The predicted octanol–water partition coefficient (Wildman–Crippen LogP) is 4.81. The summed E-state index contributed by atoms with van der Waals surface area (Å²) in [6.07, 6.45) is 0.300. The number of hydrogen-bond acceptors (Lipinski definition) is 2. The number of aliphatic imine (C=N–C) groups is 1. The fourth-order valence-corrected chi connectivity index (χ4v) is 4.43. The highest BCUT2D eigenvalue weighted by Crippen LogP contribution is 2.31. The standard InChI is InChI=1S/C22H33F3N4.HI/c1-17(19-6-5-7-20(14-19)22(23,24)25)8-10-27-21(26-2)29-13-9-18(16-29)15-28-11-3-4-12-28;/h5-7,14,17-18H,3-4,8-13,15-16H2,1-2H3,(H,26,27);1H. The van der Waals surface area contributed by atoms with Crippen molar-refractivity contribution in [2.24, 2.45) is 10.9 Å². The molecule has 0 spiro atoms. The molecule has 1 aromatic rings. The molecule has 0 bridgehead atoms. The normalized spacial score (nSPS) is 21.6. The first kappa shape index (κ1) is 25.2. The summed E-state index contributed by atoms with van der Waals surface area (Å²) in [6.45, 7) is 8.35. The van der Waals surface area contributed by atoms with Crippen molar-refractivity contribution >= 4 is 29.9 Å². The van der Waals surface area contributed by atoms with E-state index in [1.54, 1.807) is 13.1 Å². The number of nitrogens with one attached hydrogen (secondary N) is 1. The lowest BCUT2D eigenvalue weighted by Gasteiger charge is -2.24. The summed E-state index contributed by atoms with van der Waals surface area (Å²) < 4.78 is 38.8. The SMILES string of the molecule is CN=C(NCCC(C)c1cccc(C(F)(F)F)c1)N1CCC(CN2CCCC2)C1.I. The second-order valence-corrected chi connectivity index (χ2v) is 8.40. The van der Waals surface area contributed by atoms with E-state index in [2.05, 4.69) is 20.1 Å². The lowest BCUT2D eigenvalue weighted by Crippen LogP contribution is -2.41. The summed E-state index contributed by atoms with van der Waals surface area (Å²) in [5.41, 5.74) is 0.148. The van der Waals surface area contributed by atoms with E-state index < -0.39 is 11.7 Å². The van der Waals surface area contributed by atoms with Crippen LogP contribution in [0.25, 0.3) is 0 Å². The maximum Gasteiger partial charge on any atom is 0.416 e. The first-order valence-electron chi connectivity index (χ1n) is 10.7. The topological polar surface area (TPSA) is 30.9 Å². The second kappa shape index (κ2) is 11.5. The van der Waals surface area contributed by atoms with Gasteiger partial charge in [0, 0.05) is 33.2 Å². The van der Waals surface area contributed by atoms with Gasteiger partial charge in [-0.2, -0.15) is 13.2 Å². The van der Waals surface area contributed by atoms with Gasteiger partial charge in [-0.15, -0.1) is 24.0 Å². The third kappa shape index (κ3) is 7.00. The van der Waals surface area contributed by atoms with Crippen molar-refractivity contribution in [1.29, 1.82) is 0 Å². The average Bonchev–Trinajstić information content (AvgIpc) is 3.37. The van der Waals surface area contributed by atoms with Gasteiger partial charge < -0.3 is 15.1 Å². The molecule has 2 heterocycles. The maximum atomic E-state index is 12.9. The van der Waals surface area contributed by atoms with Crippen LogP contribution in [0.3, 0.4) is 0 Å². The van der Waals surface area contributed by atoms with Gasteiger partial charge in [0.2, 0.25) is 0 Å². The number of guanidine groups is 1. The number of hydrogen-bond donors (Lipinski definition) is 1. The maximum absolute atomic E-state index is 12.9. The Balaban J connectivity index is 0.00000320. The van der Waals surface area contributed by atoms with Gasteiger partial charge in [-0.05, 0) is 62.2 Å². The molecule has 0 amide bonds. The van der Waals surface area contributed by atoms with Gasteiger partial charge in [0.25, 0.3) is 0 Å². The molecule has 2 atom stereocenters. The summed E-state index contributed by atoms with van der Waals surface area (Å²) in [6, 6.07) is 5.66. The Morgan fingerprint density at radius 3 is 2.63 bits per heavy atom. The van der Waals surface area contributed by atoms with E-state index in [1.807, 2.05) is 6.92 Å². The summed E-state index contributed by atoms with van der Waals surface area (Å²) in [4.78, 5) is 9.31. The van der Waals surface area contributed by atoms with Crippen molar-refractivity contribution < 1.29 is 13.2 Å². The van der Waals surface area contributed by atoms with Gasteiger partial charge >= 0.3 is 6.18 Å². The third-order valence-corrected chi connectivity index (χ3v) is 6.16. The first-order valence-corrected chi connectivity index (χ1v) is 10.7. The number of likely N-dealkylation sites (tertiary alicyclic amines) is 2. The fraction of sp³-hybridized carbons (Fsp3) is 0.682. The molecule has 30 heavy (non-hydrogen) atoms. The van der Waals surface area contributed by atoms with Crippen LogP contribution in [0.4, 0.5) is 13.2 Å². The van der Waals surface area contributed by atoms with Crippen LogP contribution >= 0.6 is 24.0 Å². The smallest absolute Gasteiger partial charge is 0.356 e. The molecule has 3 rings (SSSR count). The van der Waals surface area contributed by atoms with Crippen LogP contribution in [0.5, 0.6) is 0 Å². The minimum atomic E-state index is -4.29. The van der Waals surface area contributed by atoms with Crippen molar-refractivity contribution in [2.45, 2.75) is 44.7 Å². The van der Waals surface area contributed by atoms with E-state index in [9.17, 15) is 13.2 Å². The lowest BCUT2D eigenvalue weighted by atomic mass is 9.96. The zero-order valence-corrected chi connectivity index (χ0v) is 20.2. The molecule has 1 aromatic carbocycles. The number of nitrogens with zero attached hydrogens (tertiary/aromatic N) is 3. The Morgan fingerprint density at radius 2 is 1.97 bits per heavy atom. The molecule has 2 aliphatic rings. The minimum Gasteiger partial charge on any atom is -0.356 e. The Hall–Kier alpha value is -1.03. The van der Waals surface area contributed by atoms with Gasteiger partial charge in [0.1, 0.15) is 0 Å². The first-order chi connectivity index (χ1) is 13.9. The van der Waals surface area contributed by atoms with Crippen LogP contribution in [0, 0.1) is 5.92 Å². The zero-order chi connectivity index (χ0) is 20.9. The predicted molar refractivity (Wildman–Crippen MR) is 127 cm³/mol. The minimum absolute atomic E-state index is 0. The lowest BCUT2D eigenvalue weighted by molar-refractivity contribution is -0.137. The molecule has 4 nitrogen and oxygen atoms in total. The van der Waals surface area contributed by atoms with Crippen molar-refractivity contribution in [3.63, 3.8) is 0 Å². The molecule has 170 valence electrons. The van der Waals surface area contributed by atoms with Crippen molar-refractivity contribution in [2.75, 3.05) is 46.3 Å². The van der Waals surface area contributed by atoms with Gasteiger partial charge in [0.05, 0.1) is 5.56 Å². The van der Waals surface area contributed by atoms with Crippen molar-refractivity contribution in [3.05, 3.63) is 35.4 Å². The molecule has 2 aliphatic heterocycles. The van der Waals surface area contributed by atoms with Crippen LogP contribution in [0.1, 0.15) is 49.7 Å². The van der Waals surface area contributed by atoms with Crippen LogP contribution in [0.15, 0.2) is 29.3 Å². The highest BCUT2D eigenvalue weighted by atomic mass is 127. The quantitative estimate of drug-likeness (QED) is 0.321. The summed E-state index contributed by atoms with van der Waals surface area (Å²) >= 11 is 0. The molecule has 8 heteroatoms. The van der Waals surface area contributed by atoms with E-state index >= 15 is 0 Å². The van der Waals surface area contributed by atoms with E-state index in [4.69, 9.17) is 0 Å². The molecule has 2 unspecified atom stereocenters. The van der Waals surface area contributed by atoms with E-state index in [1.165, 1.54) is 51.0 Å². The summed E-state index contributed by atoms with van der Waals surface area (Å²) in [7, 11) is 1.80. The number of halogens is 4. The molecule has 2 fully saturated rings.